The van der Waals surface area contributed by atoms with Crippen LogP contribution < -0.4 is 9.47 Å². The lowest BCUT2D eigenvalue weighted by atomic mass is 9.84. The number of nitrogens with zero attached hydrogens (tertiary/aromatic N) is 7. The lowest BCUT2D eigenvalue weighted by Crippen LogP contribution is -2.46. The van der Waals surface area contributed by atoms with E-state index in [2.05, 4.69) is 82.6 Å². The molecule has 2 aliphatic rings. The summed E-state index contributed by atoms with van der Waals surface area (Å²) in [6, 6.07) is 33.5. The van der Waals surface area contributed by atoms with Gasteiger partial charge in [0.1, 0.15) is 48.6 Å². The number of halogens is 2. The van der Waals surface area contributed by atoms with Crippen molar-refractivity contribution in [2.45, 2.75) is 56.0 Å². The van der Waals surface area contributed by atoms with Gasteiger partial charge in [-0.2, -0.15) is 0 Å². The first-order valence-electron chi connectivity index (χ1n) is 22.6. The number of β-amino-alcohol motifs (C(OH)–C–C–N with tert-alkyl or cyclic N) is 2. The summed E-state index contributed by atoms with van der Waals surface area (Å²) in [5.74, 6) is 2.91. The average molecular weight is 1030 g/mol. The van der Waals surface area contributed by atoms with Gasteiger partial charge in [0.15, 0.2) is 11.3 Å². The molecule has 16 heteroatoms. The molecular weight excluding hydrogens is 978 g/mol. The van der Waals surface area contributed by atoms with E-state index < -0.39 is 17.8 Å². The van der Waals surface area contributed by atoms with E-state index in [1.807, 2.05) is 103 Å². The summed E-state index contributed by atoms with van der Waals surface area (Å²) in [4.78, 5) is 33.1. The molecule has 2 aliphatic heterocycles. The molecule has 3 atom stereocenters. The number of hydrogen-bond donors (Lipinski definition) is 5. The van der Waals surface area contributed by atoms with Gasteiger partial charge in [-0.25, -0.2) is 19.9 Å². The van der Waals surface area contributed by atoms with E-state index in [4.69, 9.17) is 9.47 Å². The third-order valence-electron chi connectivity index (χ3n) is 12.3. The third kappa shape index (κ3) is 11.9. The Hall–Kier alpha value is -5.59. The molecule has 3 unspecified atom stereocenters. The average Bonchev–Trinajstić information content (AvgIpc) is 3.99. The van der Waals surface area contributed by atoms with Crippen molar-refractivity contribution < 1.29 is 24.8 Å². The van der Waals surface area contributed by atoms with Crippen LogP contribution in [-0.2, 0) is 5.60 Å². The fraction of sp³-hybridized carbons (Fsp3) is 0.314. The van der Waals surface area contributed by atoms with Crippen molar-refractivity contribution in [3.8, 4) is 34.3 Å². The second-order valence-corrected chi connectivity index (χ2v) is 19.0. The van der Waals surface area contributed by atoms with Gasteiger partial charge in [0, 0.05) is 77.1 Å². The highest BCUT2D eigenvalue weighted by molar-refractivity contribution is 9.10. The first-order chi connectivity index (χ1) is 32.6. The number of likely N-dealkylation sites (tertiary alicyclic amines) is 2. The van der Waals surface area contributed by atoms with E-state index in [-0.39, 0.29) is 13.2 Å². The number of piperidine rings is 2. The Balaban J connectivity index is 0.000000168. The summed E-state index contributed by atoms with van der Waals surface area (Å²) in [7, 11) is 0. The normalized spacial score (nSPS) is 17.4. The Kier molecular flexibility index (Phi) is 15.0. The number of rotatable bonds is 14. The highest BCUT2D eigenvalue weighted by Crippen LogP contribution is 2.34. The van der Waals surface area contributed by atoms with Gasteiger partial charge in [0.25, 0.3) is 0 Å². The van der Waals surface area contributed by atoms with Crippen molar-refractivity contribution in [3.63, 3.8) is 0 Å². The van der Waals surface area contributed by atoms with E-state index in [9.17, 15) is 15.3 Å². The van der Waals surface area contributed by atoms with Crippen LogP contribution in [0.2, 0.25) is 0 Å². The van der Waals surface area contributed by atoms with Gasteiger partial charge in [-0.15, -0.1) is 0 Å². The molecule has 0 radical (unpaired) electrons. The van der Waals surface area contributed by atoms with Crippen molar-refractivity contribution in [2.75, 3.05) is 45.9 Å². The van der Waals surface area contributed by atoms with Gasteiger partial charge >= 0.3 is 0 Å². The summed E-state index contributed by atoms with van der Waals surface area (Å²) in [6.07, 6.45) is 10.8. The Morgan fingerprint density at radius 2 is 1.24 bits per heavy atom. The van der Waals surface area contributed by atoms with E-state index in [1.54, 1.807) is 18.6 Å². The van der Waals surface area contributed by atoms with Gasteiger partial charge in [-0.3, -0.25) is 9.88 Å². The van der Waals surface area contributed by atoms with Crippen LogP contribution in [0.5, 0.6) is 11.5 Å². The smallest absolute Gasteiger partial charge is 0.178 e. The molecule has 14 nitrogen and oxygen atoms in total. The minimum Gasteiger partial charge on any atom is -0.491 e. The molecule has 67 heavy (non-hydrogen) atoms. The predicted molar refractivity (Wildman–Crippen MR) is 265 cm³/mol. The van der Waals surface area contributed by atoms with Crippen LogP contribution in [0.15, 0.2) is 137 Å². The standard InChI is InChI=1S/C26H27BrN4O3.C25H26BrN5O2/c27-20-14-23-25(28-15-20)30-24(29-23)18-6-8-22(9-7-18)34-17-21(32)16-31-12-10-26(33,11-13-31)19-4-2-1-3-5-19;26-19-12-22-25(28-14-19)30-24(29-22)17-6-8-21(9-7-17)33-16-20(32)15-31-11-2-1-5-23(31)18-4-3-10-27-13-18/h1-9,14-15,21,32-33H,10-13,16-17H2,(H,28,29,30);3-4,6-10,12-14,20,23,32H,1-2,5,11,15-16H2,(H,28,29,30). The molecule has 5 N–H and O–H groups in total. The van der Waals surface area contributed by atoms with Gasteiger partial charge in [-0.1, -0.05) is 42.8 Å². The van der Waals surface area contributed by atoms with Crippen molar-refractivity contribution in [2.24, 2.45) is 0 Å². The summed E-state index contributed by atoms with van der Waals surface area (Å²) >= 11 is 6.85. The van der Waals surface area contributed by atoms with Crippen LogP contribution in [0.1, 0.15) is 49.3 Å². The van der Waals surface area contributed by atoms with Crippen LogP contribution >= 0.6 is 31.9 Å². The van der Waals surface area contributed by atoms with Crippen LogP contribution in [0.25, 0.3) is 45.1 Å². The Labute approximate surface area is 405 Å². The zero-order chi connectivity index (χ0) is 46.2. The van der Waals surface area contributed by atoms with E-state index in [0.29, 0.717) is 49.0 Å². The second kappa shape index (κ2) is 21.6. The number of H-pyrrole nitrogens is 2. The van der Waals surface area contributed by atoms with Gasteiger partial charge < -0.3 is 39.7 Å². The zero-order valence-corrected chi connectivity index (χ0v) is 40.1. The topological polar surface area (TPSA) is 182 Å². The molecule has 5 aromatic heterocycles. The summed E-state index contributed by atoms with van der Waals surface area (Å²) in [5, 5.41) is 32.1. The van der Waals surface area contributed by atoms with E-state index in [1.165, 1.54) is 12.0 Å². The molecule has 2 fully saturated rings. The number of benzene rings is 3. The Morgan fingerprint density at radius 3 is 1.79 bits per heavy atom. The number of nitrogens with one attached hydrogen (secondary N) is 2. The first kappa shape index (κ1) is 46.5. The Morgan fingerprint density at radius 1 is 0.672 bits per heavy atom. The SMILES string of the molecule is OC(COc1ccc(-c2nc3ncc(Br)cc3[nH]2)cc1)CN1CCC(O)(c2ccccc2)CC1.OC(COc1ccc(-c2nc3ncc(Br)cc3[nH]2)cc1)CN1CCCCC1c1cccnc1. The molecule has 3 aromatic carbocycles. The maximum absolute atomic E-state index is 11.0. The fourth-order valence-corrected chi connectivity index (χ4v) is 9.46. The van der Waals surface area contributed by atoms with E-state index in [0.717, 1.165) is 86.5 Å². The zero-order valence-electron chi connectivity index (χ0n) is 36.9. The molecule has 0 amide bonds. The molecule has 0 bridgehead atoms. The van der Waals surface area contributed by atoms with Crippen LogP contribution in [0.3, 0.4) is 0 Å². The van der Waals surface area contributed by atoms with Crippen LogP contribution in [-0.4, -0.2) is 118 Å². The lowest BCUT2D eigenvalue weighted by molar-refractivity contribution is -0.0372. The number of hydrogen-bond acceptors (Lipinski definition) is 12. The Bertz CT molecular complexity index is 2820. The molecule has 346 valence electrons. The fourth-order valence-electron chi connectivity index (χ4n) is 8.80. The molecule has 2 saturated heterocycles. The second-order valence-electron chi connectivity index (χ2n) is 17.2. The van der Waals surface area contributed by atoms with Gasteiger partial charge in [0.05, 0.1) is 16.6 Å². The number of aliphatic hydroxyl groups is 3. The highest BCUT2D eigenvalue weighted by Gasteiger charge is 2.34. The number of aromatic nitrogens is 7. The first-order valence-corrected chi connectivity index (χ1v) is 24.2. The van der Waals surface area contributed by atoms with E-state index >= 15 is 0 Å². The number of aromatic amines is 2. The van der Waals surface area contributed by atoms with Gasteiger partial charge in [0.2, 0.25) is 0 Å². The van der Waals surface area contributed by atoms with Crippen LogP contribution in [0.4, 0.5) is 0 Å². The summed E-state index contributed by atoms with van der Waals surface area (Å²) in [6.45, 7) is 4.01. The number of aliphatic hydroxyl groups excluding tert-OH is 2. The molecule has 0 aliphatic carbocycles. The summed E-state index contributed by atoms with van der Waals surface area (Å²) in [5.41, 5.74) is 6.37. The number of fused-ring (bicyclic) bond motifs is 2. The predicted octanol–water partition coefficient (Wildman–Crippen LogP) is 8.86. The minimum atomic E-state index is -0.784. The largest absolute Gasteiger partial charge is 0.491 e. The monoisotopic (exact) mass is 1030 g/mol. The molecule has 10 rings (SSSR count). The van der Waals surface area contributed by atoms with Crippen molar-refractivity contribution in [1.82, 2.24) is 44.7 Å². The molecule has 8 aromatic rings. The minimum absolute atomic E-state index is 0.210. The number of imidazole rings is 2. The lowest BCUT2D eigenvalue weighted by Gasteiger charge is -2.39. The van der Waals surface area contributed by atoms with Crippen molar-refractivity contribution in [1.29, 1.82) is 0 Å². The third-order valence-corrected chi connectivity index (χ3v) is 13.2. The van der Waals surface area contributed by atoms with Crippen molar-refractivity contribution >= 4 is 54.2 Å². The molecule has 7 heterocycles. The maximum Gasteiger partial charge on any atom is 0.178 e. The van der Waals surface area contributed by atoms with Gasteiger partial charge in [-0.05, 0) is 142 Å². The molecular formula is C51H53Br2N9O5. The maximum atomic E-state index is 11.0. The highest BCUT2D eigenvalue weighted by atomic mass is 79.9. The molecule has 0 spiro atoms. The quantitative estimate of drug-likeness (QED) is 0.0699. The van der Waals surface area contributed by atoms with Crippen LogP contribution in [0, 0.1) is 0 Å². The number of pyridine rings is 3. The number of ether oxygens (including phenoxy) is 2. The summed E-state index contributed by atoms with van der Waals surface area (Å²) < 4.78 is 13.5. The molecule has 0 saturated carbocycles. The van der Waals surface area contributed by atoms with Crippen molar-refractivity contribution in [3.05, 3.63) is 148 Å².